The van der Waals surface area contributed by atoms with Crippen molar-refractivity contribution in [1.82, 2.24) is 14.9 Å². The van der Waals surface area contributed by atoms with Crippen molar-refractivity contribution in [3.63, 3.8) is 0 Å². The number of nitrogens with zero attached hydrogens (tertiary/aromatic N) is 4. The van der Waals surface area contributed by atoms with Crippen molar-refractivity contribution in [2.75, 3.05) is 52.0 Å². The Bertz CT molecular complexity index is 705. The van der Waals surface area contributed by atoms with Gasteiger partial charge in [-0.2, -0.15) is 0 Å². The standard InChI is InChI=1S/C23H34N4O2/c1-19(22-5-4-10-24-16-22)27(17-20-8-12-29-13-9-20)18-21-6-7-23(25-15-21)26(2)11-14-28-3/h4-7,10,15-16,19-20H,8-9,11-14,17-18H2,1-3H3. The number of rotatable bonds is 10. The van der Waals surface area contributed by atoms with Crippen LogP contribution < -0.4 is 4.90 Å². The molecule has 0 aromatic carbocycles. The average molecular weight is 399 g/mol. The molecule has 1 aliphatic rings. The summed E-state index contributed by atoms with van der Waals surface area (Å²) in [5.41, 5.74) is 2.49. The van der Waals surface area contributed by atoms with Crippen molar-refractivity contribution >= 4 is 5.82 Å². The first-order chi connectivity index (χ1) is 14.2. The van der Waals surface area contributed by atoms with Gasteiger partial charge in [-0.1, -0.05) is 12.1 Å². The third kappa shape index (κ3) is 6.49. The van der Waals surface area contributed by atoms with E-state index in [2.05, 4.69) is 44.9 Å². The molecule has 1 saturated heterocycles. The van der Waals surface area contributed by atoms with Crippen LogP contribution in [0.5, 0.6) is 0 Å². The van der Waals surface area contributed by atoms with E-state index >= 15 is 0 Å². The van der Waals surface area contributed by atoms with Gasteiger partial charge in [0.1, 0.15) is 5.82 Å². The molecule has 0 aliphatic carbocycles. The Labute approximate surface area is 174 Å². The maximum atomic E-state index is 5.56. The number of methoxy groups -OCH3 is 1. The van der Waals surface area contributed by atoms with Crippen LogP contribution >= 0.6 is 0 Å². The summed E-state index contributed by atoms with van der Waals surface area (Å²) in [6.07, 6.45) is 8.09. The molecule has 158 valence electrons. The average Bonchev–Trinajstić information content (AvgIpc) is 2.78. The highest BCUT2D eigenvalue weighted by atomic mass is 16.5. The van der Waals surface area contributed by atoms with E-state index in [0.29, 0.717) is 18.6 Å². The highest BCUT2D eigenvalue weighted by molar-refractivity contribution is 5.38. The van der Waals surface area contributed by atoms with Gasteiger partial charge in [0, 0.05) is 71.6 Å². The van der Waals surface area contributed by atoms with E-state index in [1.807, 2.05) is 31.7 Å². The second-order valence-corrected chi connectivity index (χ2v) is 7.89. The quantitative estimate of drug-likeness (QED) is 0.610. The first kappa shape index (κ1) is 21.7. The Balaban J connectivity index is 1.70. The molecule has 3 rings (SSSR count). The number of hydrogen-bond donors (Lipinski definition) is 0. The fraction of sp³-hybridized carbons (Fsp3) is 0.565. The van der Waals surface area contributed by atoms with Gasteiger partial charge in [0.05, 0.1) is 6.61 Å². The number of aromatic nitrogens is 2. The maximum absolute atomic E-state index is 5.56. The van der Waals surface area contributed by atoms with Crippen molar-refractivity contribution in [2.24, 2.45) is 5.92 Å². The minimum Gasteiger partial charge on any atom is -0.383 e. The van der Waals surface area contributed by atoms with Crippen molar-refractivity contribution in [2.45, 2.75) is 32.4 Å². The van der Waals surface area contributed by atoms with Crippen LogP contribution in [-0.2, 0) is 16.0 Å². The van der Waals surface area contributed by atoms with Gasteiger partial charge in [-0.3, -0.25) is 9.88 Å². The first-order valence-corrected chi connectivity index (χ1v) is 10.5. The summed E-state index contributed by atoms with van der Waals surface area (Å²) in [6, 6.07) is 8.78. The Morgan fingerprint density at radius 1 is 1.21 bits per heavy atom. The van der Waals surface area contributed by atoms with Crippen molar-refractivity contribution in [3.8, 4) is 0 Å². The third-order valence-electron chi connectivity index (χ3n) is 5.76. The Hall–Kier alpha value is -2.02. The van der Waals surface area contributed by atoms with Crippen molar-refractivity contribution in [1.29, 1.82) is 0 Å². The lowest BCUT2D eigenvalue weighted by atomic mass is 9.97. The van der Waals surface area contributed by atoms with Crippen LogP contribution in [0.1, 0.15) is 36.9 Å². The minimum atomic E-state index is 0.301. The molecule has 2 aromatic rings. The summed E-state index contributed by atoms with van der Waals surface area (Å²) in [7, 11) is 3.77. The molecule has 1 fully saturated rings. The molecule has 2 aromatic heterocycles. The normalized spacial score (nSPS) is 16.1. The summed E-state index contributed by atoms with van der Waals surface area (Å²) in [6.45, 7) is 7.50. The summed E-state index contributed by atoms with van der Waals surface area (Å²) < 4.78 is 10.7. The zero-order valence-corrected chi connectivity index (χ0v) is 18.0. The fourth-order valence-electron chi connectivity index (χ4n) is 3.77. The molecule has 0 saturated carbocycles. The minimum absolute atomic E-state index is 0.301. The molecule has 29 heavy (non-hydrogen) atoms. The van der Waals surface area contributed by atoms with Gasteiger partial charge >= 0.3 is 0 Å². The van der Waals surface area contributed by atoms with Crippen molar-refractivity contribution in [3.05, 3.63) is 54.0 Å². The largest absolute Gasteiger partial charge is 0.383 e. The van der Waals surface area contributed by atoms with Crippen LogP contribution in [0.4, 0.5) is 5.82 Å². The number of pyridine rings is 2. The molecule has 1 aliphatic heterocycles. The topological polar surface area (TPSA) is 50.7 Å². The van der Waals surface area contributed by atoms with Crippen molar-refractivity contribution < 1.29 is 9.47 Å². The van der Waals surface area contributed by atoms with Crippen LogP contribution in [0.15, 0.2) is 42.9 Å². The molecular formula is C23H34N4O2. The fourth-order valence-corrected chi connectivity index (χ4v) is 3.77. The van der Waals surface area contributed by atoms with Gasteiger partial charge in [-0.05, 0) is 48.9 Å². The lowest BCUT2D eigenvalue weighted by Crippen LogP contribution is -2.34. The molecule has 6 heteroatoms. The maximum Gasteiger partial charge on any atom is 0.128 e. The Morgan fingerprint density at radius 2 is 2.03 bits per heavy atom. The molecule has 3 heterocycles. The SMILES string of the molecule is COCCN(C)c1ccc(CN(CC2CCOCC2)C(C)c2cccnc2)cn1. The summed E-state index contributed by atoms with van der Waals surface area (Å²) in [5, 5.41) is 0. The molecule has 1 unspecified atom stereocenters. The number of ether oxygens (including phenoxy) is 2. The lowest BCUT2D eigenvalue weighted by molar-refractivity contribution is 0.0446. The molecule has 0 radical (unpaired) electrons. The van der Waals surface area contributed by atoms with Crippen LogP contribution in [0.2, 0.25) is 0 Å². The molecular weight excluding hydrogens is 364 g/mol. The highest BCUT2D eigenvalue weighted by Crippen LogP contribution is 2.26. The summed E-state index contributed by atoms with van der Waals surface area (Å²) >= 11 is 0. The zero-order chi connectivity index (χ0) is 20.5. The van der Waals surface area contributed by atoms with E-state index in [-0.39, 0.29) is 0 Å². The molecule has 1 atom stereocenters. The molecule has 0 bridgehead atoms. The summed E-state index contributed by atoms with van der Waals surface area (Å²) in [5.74, 6) is 1.65. The number of anilines is 1. The van der Waals surface area contributed by atoms with Crippen LogP contribution in [-0.4, -0.2) is 61.9 Å². The zero-order valence-electron chi connectivity index (χ0n) is 18.0. The molecule has 0 spiro atoms. The first-order valence-electron chi connectivity index (χ1n) is 10.5. The van der Waals surface area contributed by atoms with Gasteiger partial charge in [0.2, 0.25) is 0 Å². The monoisotopic (exact) mass is 398 g/mol. The predicted molar refractivity (Wildman–Crippen MR) is 116 cm³/mol. The highest BCUT2D eigenvalue weighted by Gasteiger charge is 2.22. The van der Waals surface area contributed by atoms with E-state index in [0.717, 1.165) is 51.5 Å². The van der Waals surface area contributed by atoms with E-state index in [1.165, 1.54) is 11.1 Å². The van der Waals surface area contributed by atoms with Crippen LogP contribution in [0.25, 0.3) is 0 Å². The summed E-state index contributed by atoms with van der Waals surface area (Å²) in [4.78, 5) is 13.7. The Kier molecular flexibility index (Phi) is 8.40. The van der Waals surface area contributed by atoms with E-state index < -0.39 is 0 Å². The predicted octanol–water partition coefficient (Wildman–Crippen LogP) is 3.55. The molecule has 6 nitrogen and oxygen atoms in total. The third-order valence-corrected chi connectivity index (χ3v) is 5.76. The Morgan fingerprint density at radius 3 is 2.69 bits per heavy atom. The molecule has 0 amide bonds. The number of likely N-dealkylation sites (N-methyl/N-ethyl adjacent to an activating group) is 1. The smallest absolute Gasteiger partial charge is 0.128 e. The van der Waals surface area contributed by atoms with Gasteiger partial charge < -0.3 is 14.4 Å². The second kappa shape index (κ2) is 11.2. The number of hydrogen-bond acceptors (Lipinski definition) is 6. The van der Waals surface area contributed by atoms with Gasteiger partial charge in [-0.25, -0.2) is 4.98 Å². The van der Waals surface area contributed by atoms with E-state index in [1.54, 1.807) is 7.11 Å². The van der Waals surface area contributed by atoms with E-state index in [9.17, 15) is 0 Å². The van der Waals surface area contributed by atoms with Gasteiger partial charge in [0.15, 0.2) is 0 Å². The molecule has 0 N–H and O–H groups in total. The van der Waals surface area contributed by atoms with Gasteiger partial charge in [-0.15, -0.1) is 0 Å². The van der Waals surface area contributed by atoms with Gasteiger partial charge in [0.25, 0.3) is 0 Å². The van der Waals surface area contributed by atoms with E-state index in [4.69, 9.17) is 9.47 Å². The second-order valence-electron chi connectivity index (χ2n) is 7.89. The van der Waals surface area contributed by atoms with Crippen LogP contribution in [0.3, 0.4) is 0 Å². The van der Waals surface area contributed by atoms with Crippen LogP contribution in [0, 0.1) is 5.92 Å². The lowest BCUT2D eigenvalue weighted by Gasteiger charge is -2.34.